The Morgan fingerprint density at radius 1 is 0.985 bits per heavy atom. The monoisotopic (exact) mass is 913 g/mol. The number of aryl methyl sites for hydroxylation is 1. The number of likely N-dealkylation sites (tertiary alicyclic amines) is 1. The highest BCUT2D eigenvalue weighted by Gasteiger charge is 2.43. The number of aromatic hydroxyl groups is 1. The number of aliphatic hydroxyl groups is 1. The molecule has 1 unspecified atom stereocenters. The number of para-hydroxylation sites is 1. The van der Waals surface area contributed by atoms with Crippen LogP contribution < -0.4 is 15.8 Å². The van der Waals surface area contributed by atoms with Crippen LogP contribution in [0.4, 0.5) is 5.82 Å². The maximum Gasteiger partial charge on any atom is 0.254 e. The first-order chi connectivity index (χ1) is 31.9. The molecule has 344 valence electrons. The summed E-state index contributed by atoms with van der Waals surface area (Å²) in [6.07, 6.45) is 2.90. The summed E-state index contributed by atoms with van der Waals surface area (Å²) in [7, 11) is 0. The van der Waals surface area contributed by atoms with Crippen LogP contribution in [0.2, 0.25) is 0 Å². The summed E-state index contributed by atoms with van der Waals surface area (Å²) in [5, 5.41) is 40.9. The van der Waals surface area contributed by atoms with Gasteiger partial charge in [-0.25, -0.2) is 4.98 Å². The number of β-amino-alcohol motifs (C(OH)–C–C–N with tert-alkyl or cyclic N) is 1. The number of aliphatic hydroxyl groups excluding tert-OH is 1. The zero-order valence-electron chi connectivity index (χ0n) is 37.5. The Hall–Kier alpha value is -6.65. The number of piperazine rings is 1. The number of amides is 2. The number of carbonyl (C=O) groups is 2. The van der Waals surface area contributed by atoms with E-state index < -0.39 is 18.1 Å². The molecule has 0 bridgehead atoms. The summed E-state index contributed by atoms with van der Waals surface area (Å²) < 4.78 is 13.4. The lowest BCUT2D eigenvalue weighted by Crippen LogP contribution is -2.48. The van der Waals surface area contributed by atoms with E-state index in [1.807, 2.05) is 69.7 Å². The molecule has 2 aromatic carbocycles. The van der Waals surface area contributed by atoms with Gasteiger partial charge in [0.1, 0.15) is 30.9 Å². The number of nitrogens with zero attached hydrogens (tertiary/aromatic N) is 9. The first-order valence-corrected chi connectivity index (χ1v) is 23.0. The highest BCUT2D eigenvalue weighted by molar-refractivity contribution is 7.13. The van der Waals surface area contributed by atoms with Crippen molar-refractivity contribution in [3.63, 3.8) is 0 Å². The summed E-state index contributed by atoms with van der Waals surface area (Å²) in [5.41, 5.74) is 13.5. The maximum absolute atomic E-state index is 14.2. The zero-order valence-corrected chi connectivity index (χ0v) is 38.3. The van der Waals surface area contributed by atoms with Gasteiger partial charge in [-0.2, -0.15) is 5.10 Å². The molecule has 66 heavy (non-hydrogen) atoms. The third-order valence-electron chi connectivity index (χ3n) is 12.1. The van der Waals surface area contributed by atoms with Gasteiger partial charge in [-0.1, -0.05) is 62.1 Å². The number of nitrogens with one attached hydrogen (secondary N) is 1. The molecule has 0 aliphatic carbocycles. The van der Waals surface area contributed by atoms with Crippen LogP contribution in [-0.4, -0.2) is 131 Å². The highest BCUT2D eigenvalue weighted by Crippen LogP contribution is 2.34. The number of benzene rings is 2. The molecule has 0 radical (unpaired) electrons. The molecule has 6 aromatic rings. The standard InChI is InChI=1S/C48H55N11O6S/c1-30(2)44(48(63)59-28-36(60)23-40(59)47(62)52-31(3)33-11-13-34(14-12-33)45-32(4)50-29-66-45)42-25-43(55-65-42)64-22-21-57-19-17-56(18-20-57)15-7-8-16-58-27-35(26-51-58)38-24-39(53-54-46(38)49)37-9-5-6-10-41(37)61/h5-6,9-14,24-27,29-31,36,40,44,60-61H,15-23,28H2,1-4H3,(H2,49,54)(H,52,62)/t31-,36+,40-,44?/m0/s1. The van der Waals surface area contributed by atoms with Crippen LogP contribution in [0.1, 0.15) is 56.2 Å². The Kier molecular flexibility index (Phi) is 14.4. The van der Waals surface area contributed by atoms with Crippen molar-refractivity contribution in [2.75, 3.05) is 58.2 Å². The molecule has 8 rings (SSSR count). The number of phenolic OH excluding ortho intramolecular Hbond substituents is 1. The van der Waals surface area contributed by atoms with E-state index in [2.05, 4.69) is 52.4 Å². The van der Waals surface area contributed by atoms with E-state index in [0.717, 1.165) is 53.4 Å². The van der Waals surface area contributed by atoms with Crippen LogP contribution in [-0.2, 0) is 16.1 Å². The van der Waals surface area contributed by atoms with Gasteiger partial charge in [-0.15, -0.1) is 21.5 Å². The number of phenols is 1. The molecular weight excluding hydrogens is 859 g/mol. The minimum atomic E-state index is -0.831. The fourth-order valence-electron chi connectivity index (χ4n) is 8.40. The summed E-state index contributed by atoms with van der Waals surface area (Å²) in [6, 6.07) is 17.3. The van der Waals surface area contributed by atoms with Crippen molar-refractivity contribution in [3.05, 3.63) is 95.6 Å². The number of hydrogen-bond donors (Lipinski definition) is 4. The van der Waals surface area contributed by atoms with E-state index in [9.17, 15) is 19.8 Å². The Morgan fingerprint density at radius 3 is 2.48 bits per heavy atom. The van der Waals surface area contributed by atoms with Crippen molar-refractivity contribution in [1.29, 1.82) is 0 Å². The van der Waals surface area contributed by atoms with Crippen molar-refractivity contribution >= 4 is 29.0 Å². The van der Waals surface area contributed by atoms with Gasteiger partial charge in [0.15, 0.2) is 11.6 Å². The van der Waals surface area contributed by atoms with Crippen LogP contribution in [0.3, 0.4) is 0 Å². The largest absolute Gasteiger partial charge is 0.507 e. The molecule has 2 aliphatic rings. The topological polar surface area (TPSA) is 214 Å². The number of aromatic nitrogens is 6. The smallest absolute Gasteiger partial charge is 0.254 e. The van der Waals surface area contributed by atoms with E-state index in [0.29, 0.717) is 54.7 Å². The predicted molar refractivity (Wildman–Crippen MR) is 250 cm³/mol. The van der Waals surface area contributed by atoms with Crippen molar-refractivity contribution in [2.45, 2.75) is 64.8 Å². The Labute approximate surface area is 387 Å². The summed E-state index contributed by atoms with van der Waals surface area (Å²) >= 11 is 1.59. The van der Waals surface area contributed by atoms with Gasteiger partial charge in [0.05, 0.1) is 46.7 Å². The first kappa shape index (κ1) is 45.9. The average molecular weight is 914 g/mol. The Balaban J connectivity index is 0.774. The number of anilines is 1. The summed E-state index contributed by atoms with van der Waals surface area (Å²) in [5.74, 6) is 6.00. The third-order valence-corrected chi connectivity index (χ3v) is 13.1. The second-order valence-corrected chi connectivity index (χ2v) is 18.0. The van der Waals surface area contributed by atoms with Crippen molar-refractivity contribution in [1.82, 2.24) is 50.1 Å². The van der Waals surface area contributed by atoms with Gasteiger partial charge in [0.25, 0.3) is 5.88 Å². The van der Waals surface area contributed by atoms with Gasteiger partial charge >= 0.3 is 0 Å². The summed E-state index contributed by atoms with van der Waals surface area (Å²) in [4.78, 5) is 39.4. The zero-order chi connectivity index (χ0) is 46.3. The molecular formula is C48H55N11O6S. The Morgan fingerprint density at radius 2 is 1.74 bits per heavy atom. The van der Waals surface area contributed by atoms with E-state index in [4.69, 9.17) is 15.0 Å². The first-order valence-electron chi connectivity index (χ1n) is 22.2. The summed E-state index contributed by atoms with van der Waals surface area (Å²) in [6.45, 7) is 13.4. The number of hydrogen-bond acceptors (Lipinski definition) is 15. The van der Waals surface area contributed by atoms with E-state index >= 15 is 0 Å². The number of thiazole rings is 1. The van der Waals surface area contributed by atoms with Gasteiger partial charge in [0, 0.05) is 74.6 Å². The van der Waals surface area contributed by atoms with Crippen LogP contribution in [0.25, 0.3) is 32.8 Å². The van der Waals surface area contributed by atoms with Crippen molar-refractivity contribution in [3.8, 4) is 56.3 Å². The van der Waals surface area contributed by atoms with E-state index in [1.54, 1.807) is 52.5 Å². The quantitative estimate of drug-likeness (QED) is 0.1000. The molecule has 18 heteroatoms. The lowest BCUT2D eigenvalue weighted by molar-refractivity contribution is -0.141. The van der Waals surface area contributed by atoms with Crippen LogP contribution in [0, 0.1) is 24.7 Å². The van der Waals surface area contributed by atoms with E-state index in [1.165, 1.54) is 4.90 Å². The number of carbonyl (C=O) groups excluding carboxylic acids is 2. The van der Waals surface area contributed by atoms with Gasteiger partial charge in [-0.3, -0.25) is 24.1 Å². The fourth-order valence-corrected chi connectivity index (χ4v) is 9.21. The maximum atomic E-state index is 14.2. The number of ether oxygens (including phenoxy) is 1. The second kappa shape index (κ2) is 20.7. The molecule has 4 atom stereocenters. The average Bonchev–Trinajstić information content (AvgIpc) is 4.15. The lowest BCUT2D eigenvalue weighted by atomic mass is 9.91. The molecule has 0 saturated carbocycles. The number of rotatable bonds is 15. The number of nitrogen functional groups attached to an aromatic ring is 1. The van der Waals surface area contributed by atoms with Crippen molar-refractivity contribution in [2.24, 2.45) is 5.92 Å². The van der Waals surface area contributed by atoms with Gasteiger partial charge in [-0.05, 0) is 54.2 Å². The molecule has 2 fully saturated rings. The molecule has 2 amide bonds. The molecule has 17 nitrogen and oxygen atoms in total. The van der Waals surface area contributed by atoms with Gasteiger partial charge in [0.2, 0.25) is 11.8 Å². The molecule has 6 heterocycles. The fraction of sp³-hybridized carbons (Fsp3) is 0.396. The number of nitrogens with two attached hydrogens (primary N) is 1. The van der Waals surface area contributed by atoms with Crippen LogP contribution >= 0.6 is 11.3 Å². The van der Waals surface area contributed by atoms with E-state index in [-0.39, 0.29) is 48.3 Å². The normalized spacial score (nSPS) is 17.6. The molecule has 4 aromatic heterocycles. The predicted octanol–water partition coefficient (Wildman–Crippen LogP) is 4.99. The minimum absolute atomic E-state index is 0.0496. The highest BCUT2D eigenvalue weighted by atomic mass is 32.1. The molecule has 2 aliphatic heterocycles. The minimum Gasteiger partial charge on any atom is -0.507 e. The second-order valence-electron chi connectivity index (χ2n) is 17.1. The van der Waals surface area contributed by atoms with Crippen LogP contribution in [0.5, 0.6) is 11.6 Å². The molecule has 0 spiro atoms. The lowest BCUT2D eigenvalue weighted by Gasteiger charge is -2.33. The molecule has 5 N–H and O–H groups in total. The van der Waals surface area contributed by atoms with Crippen molar-refractivity contribution < 1.29 is 29.1 Å². The SMILES string of the molecule is Cc1ncsc1-c1ccc([C@H](C)NC(=O)[C@@H]2C[C@@H](O)CN2C(=O)C(c2cc(OCCN3CCN(CC#CCn4cc(-c5cc(-c6ccccc6O)nnc5N)cn4)CC3)no2)C(C)C)cc1. The molecule has 2 saturated heterocycles. The van der Waals surface area contributed by atoms with Gasteiger partial charge < -0.3 is 35.4 Å². The third kappa shape index (κ3) is 10.7. The van der Waals surface area contributed by atoms with Crippen LogP contribution in [0.15, 0.2) is 83.1 Å². The Bertz CT molecular complexity index is 2680.